The van der Waals surface area contributed by atoms with Gasteiger partial charge in [-0.15, -0.1) is 0 Å². The number of allylic oxidation sites excluding steroid dienone is 1. The molecule has 1 aliphatic rings. The molecule has 0 radical (unpaired) electrons. The number of carbonyl (C=O) groups is 1. The van der Waals surface area contributed by atoms with Gasteiger partial charge >= 0.3 is 6.03 Å². The zero-order valence-corrected chi connectivity index (χ0v) is 18.8. The summed E-state index contributed by atoms with van der Waals surface area (Å²) in [7, 11) is 0. The van der Waals surface area contributed by atoms with Gasteiger partial charge in [0.15, 0.2) is 0 Å². The van der Waals surface area contributed by atoms with Crippen molar-refractivity contribution in [1.82, 2.24) is 20.4 Å². The van der Waals surface area contributed by atoms with E-state index >= 15 is 0 Å². The van der Waals surface area contributed by atoms with Crippen molar-refractivity contribution in [2.45, 2.75) is 26.3 Å². The Hall–Kier alpha value is -3.16. The predicted molar refractivity (Wildman–Crippen MR) is 123 cm³/mol. The fourth-order valence-corrected chi connectivity index (χ4v) is 3.97. The Morgan fingerprint density at radius 1 is 1.19 bits per heavy atom. The fourth-order valence-electron chi connectivity index (χ4n) is 3.77. The van der Waals surface area contributed by atoms with Gasteiger partial charge in [-0.2, -0.15) is 4.98 Å². The molecule has 7 nitrogen and oxygen atoms in total. The Morgan fingerprint density at radius 3 is 2.75 bits per heavy atom. The Labute approximate surface area is 192 Å². The summed E-state index contributed by atoms with van der Waals surface area (Å²) < 4.78 is 11.1. The maximum atomic E-state index is 13.0. The number of aromatic nitrogens is 2. The van der Waals surface area contributed by atoms with Crippen molar-refractivity contribution in [3.05, 3.63) is 76.8 Å². The van der Waals surface area contributed by atoms with Crippen LogP contribution in [0.4, 0.5) is 4.79 Å². The zero-order valence-electron chi connectivity index (χ0n) is 18.0. The first kappa shape index (κ1) is 22.0. The molecule has 0 fully saturated rings. The third kappa shape index (κ3) is 4.69. The molecule has 166 valence electrons. The molecule has 1 aromatic heterocycles. The summed E-state index contributed by atoms with van der Waals surface area (Å²) in [6.07, 6.45) is 0.715. The van der Waals surface area contributed by atoms with Gasteiger partial charge in [0.05, 0.1) is 11.6 Å². The van der Waals surface area contributed by atoms with E-state index in [1.165, 1.54) is 0 Å². The van der Waals surface area contributed by atoms with Crippen molar-refractivity contribution in [2.75, 3.05) is 19.8 Å². The lowest BCUT2D eigenvalue weighted by molar-refractivity contribution is 0.136. The van der Waals surface area contributed by atoms with Crippen LogP contribution in [0.15, 0.2) is 64.8 Å². The van der Waals surface area contributed by atoms with Crippen LogP contribution < -0.4 is 5.32 Å². The summed E-state index contributed by atoms with van der Waals surface area (Å²) in [5.41, 5.74) is 3.21. The molecule has 0 spiro atoms. The van der Waals surface area contributed by atoms with Crippen LogP contribution >= 0.6 is 11.6 Å². The molecule has 0 aliphatic carbocycles. The van der Waals surface area contributed by atoms with Gasteiger partial charge in [0.25, 0.3) is 5.89 Å². The van der Waals surface area contributed by atoms with Crippen LogP contribution in [0.1, 0.15) is 37.8 Å². The van der Waals surface area contributed by atoms with Gasteiger partial charge in [-0.05, 0) is 38.0 Å². The lowest BCUT2D eigenvalue weighted by Gasteiger charge is -2.35. The number of rotatable bonds is 8. The van der Waals surface area contributed by atoms with Crippen molar-refractivity contribution in [3.63, 3.8) is 0 Å². The Balaban J connectivity index is 1.74. The maximum Gasteiger partial charge on any atom is 0.322 e. The molecule has 0 saturated heterocycles. The highest BCUT2D eigenvalue weighted by atomic mass is 35.5. The number of halogens is 1. The number of nitrogens with zero attached hydrogens (tertiary/aromatic N) is 3. The second-order valence-corrected chi connectivity index (χ2v) is 7.86. The van der Waals surface area contributed by atoms with Gasteiger partial charge < -0.3 is 14.6 Å². The zero-order chi connectivity index (χ0) is 22.5. The quantitative estimate of drug-likeness (QED) is 0.468. The van der Waals surface area contributed by atoms with Crippen LogP contribution in [0, 0.1) is 0 Å². The smallest absolute Gasteiger partial charge is 0.322 e. The van der Waals surface area contributed by atoms with Gasteiger partial charge in [-0.1, -0.05) is 59.2 Å². The van der Waals surface area contributed by atoms with Crippen LogP contribution in [-0.2, 0) is 4.74 Å². The van der Waals surface area contributed by atoms with E-state index in [1.807, 2.05) is 62.4 Å². The van der Waals surface area contributed by atoms with Gasteiger partial charge in [0.2, 0.25) is 5.82 Å². The number of amides is 2. The topological polar surface area (TPSA) is 80.5 Å². The number of hydrogen-bond donors (Lipinski definition) is 1. The predicted octanol–water partition coefficient (Wildman–Crippen LogP) is 5.31. The first-order valence-electron chi connectivity index (χ1n) is 10.6. The molecule has 32 heavy (non-hydrogen) atoms. The van der Waals surface area contributed by atoms with Crippen molar-refractivity contribution < 1.29 is 14.1 Å². The molecule has 0 bridgehead atoms. The van der Waals surface area contributed by atoms with E-state index in [2.05, 4.69) is 15.5 Å². The van der Waals surface area contributed by atoms with E-state index < -0.39 is 6.04 Å². The molecule has 4 rings (SSSR count). The summed E-state index contributed by atoms with van der Waals surface area (Å²) >= 11 is 6.24. The first-order valence-corrected chi connectivity index (χ1v) is 11.0. The van der Waals surface area contributed by atoms with E-state index in [4.69, 9.17) is 20.9 Å². The van der Waals surface area contributed by atoms with E-state index in [-0.39, 0.29) is 6.03 Å². The molecular formula is C24H25ClN4O3. The largest absolute Gasteiger partial charge is 0.382 e. The van der Waals surface area contributed by atoms with E-state index in [1.54, 1.807) is 11.0 Å². The van der Waals surface area contributed by atoms with Crippen LogP contribution in [0.2, 0.25) is 5.02 Å². The molecule has 0 saturated carbocycles. The molecule has 8 heteroatoms. The van der Waals surface area contributed by atoms with Crippen molar-refractivity contribution >= 4 is 23.2 Å². The Kier molecular flexibility index (Phi) is 6.87. The molecule has 2 heterocycles. The highest BCUT2D eigenvalue weighted by Gasteiger charge is 2.35. The minimum Gasteiger partial charge on any atom is -0.382 e. The van der Waals surface area contributed by atoms with Crippen LogP contribution in [0.3, 0.4) is 0 Å². The standard InChI is InChI=1S/C24H25ClN4O3/c1-3-31-14-8-13-29-16(2)20(21(26-24(29)30)18-11-7-12-19(25)15-18)23-27-22(28-32-23)17-9-5-4-6-10-17/h4-7,9-12,15,21H,3,8,13-14H2,1-2H3,(H,26,30). The SMILES string of the molecule is CCOCCCN1C(=O)NC(c2cccc(Cl)c2)C(c2nc(-c3ccccc3)no2)=C1C. The molecular weight excluding hydrogens is 428 g/mol. The van der Waals surface area contributed by atoms with Crippen LogP contribution in [0.25, 0.3) is 17.0 Å². The average Bonchev–Trinajstić information content (AvgIpc) is 3.28. The number of ether oxygens (including phenoxy) is 1. The number of hydrogen-bond acceptors (Lipinski definition) is 5. The second-order valence-electron chi connectivity index (χ2n) is 7.43. The number of benzene rings is 2. The Bertz CT molecular complexity index is 1110. The van der Waals surface area contributed by atoms with Gasteiger partial charge in [0.1, 0.15) is 0 Å². The molecule has 2 aromatic carbocycles. The maximum absolute atomic E-state index is 13.0. The minimum atomic E-state index is -0.464. The molecule has 1 aliphatic heterocycles. The molecule has 1 unspecified atom stereocenters. The van der Waals surface area contributed by atoms with Crippen molar-refractivity contribution in [2.24, 2.45) is 0 Å². The lowest BCUT2D eigenvalue weighted by atomic mass is 9.94. The van der Waals surface area contributed by atoms with Gasteiger partial charge in [0, 0.05) is 36.0 Å². The third-order valence-corrected chi connectivity index (χ3v) is 5.58. The molecule has 2 amide bonds. The Morgan fingerprint density at radius 2 is 2.00 bits per heavy atom. The van der Waals surface area contributed by atoms with Crippen molar-refractivity contribution in [1.29, 1.82) is 0 Å². The van der Waals surface area contributed by atoms with E-state index in [9.17, 15) is 4.79 Å². The summed E-state index contributed by atoms with van der Waals surface area (Å²) in [5.74, 6) is 0.853. The molecule has 1 atom stereocenters. The third-order valence-electron chi connectivity index (χ3n) is 5.34. The summed E-state index contributed by atoms with van der Waals surface area (Å²) in [4.78, 5) is 19.3. The van der Waals surface area contributed by atoms with E-state index in [0.29, 0.717) is 42.9 Å². The minimum absolute atomic E-state index is 0.185. The number of nitrogens with one attached hydrogen (secondary N) is 1. The second kappa shape index (κ2) is 9.97. The summed E-state index contributed by atoms with van der Waals surface area (Å²) in [6.45, 7) is 5.60. The average molecular weight is 453 g/mol. The highest BCUT2D eigenvalue weighted by Crippen LogP contribution is 2.37. The normalized spacial score (nSPS) is 16.4. The fraction of sp³-hybridized carbons (Fsp3) is 0.292. The number of carbonyl (C=O) groups excluding carboxylic acids is 1. The summed E-state index contributed by atoms with van der Waals surface area (Å²) in [6, 6.07) is 16.4. The van der Waals surface area contributed by atoms with Gasteiger partial charge in [-0.25, -0.2) is 4.79 Å². The molecule has 3 aromatic rings. The van der Waals surface area contributed by atoms with Crippen LogP contribution in [-0.4, -0.2) is 40.8 Å². The highest BCUT2D eigenvalue weighted by molar-refractivity contribution is 6.30. The van der Waals surface area contributed by atoms with Crippen LogP contribution in [0.5, 0.6) is 0 Å². The summed E-state index contributed by atoms with van der Waals surface area (Å²) in [5, 5.41) is 7.84. The van der Waals surface area contributed by atoms with Gasteiger partial charge in [-0.3, -0.25) is 4.90 Å². The monoisotopic (exact) mass is 452 g/mol. The molecule has 1 N–H and O–H groups in total. The lowest BCUT2D eigenvalue weighted by Crippen LogP contribution is -2.46. The number of urea groups is 1. The van der Waals surface area contributed by atoms with Crippen molar-refractivity contribution in [3.8, 4) is 11.4 Å². The van der Waals surface area contributed by atoms with E-state index in [0.717, 1.165) is 22.4 Å². The first-order chi connectivity index (χ1) is 15.6.